The maximum atomic E-state index is 11.4. The fourth-order valence-corrected chi connectivity index (χ4v) is 2.19. The summed E-state index contributed by atoms with van der Waals surface area (Å²) in [6.07, 6.45) is 1.35. The number of carbonyl (C=O) groups is 1. The minimum Gasteiger partial charge on any atom is -0.506 e. The van der Waals surface area contributed by atoms with E-state index >= 15 is 0 Å². The van der Waals surface area contributed by atoms with E-state index in [1.54, 1.807) is 6.92 Å². The molecular weight excluding hydrogens is 317 g/mol. The smallest absolute Gasteiger partial charge is 0.469 e. The first-order chi connectivity index (χ1) is 10.3. The molecule has 0 aromatic carbocycles. The van der Waals surface area contributed by atoms with Crippen molar-refractivity contribution in [2.75, 3.05) is 6.61 Å². The Morgan fingerprint density at radius 2 is 2.32 bits per heavy atom. The van der Waals surface area contributed by atoms with Gasteiger partial charge in [-0.2, -0.15) is 0 Å². The number of rotatable bonds is 6. The van der Waals surface area contributed by atoms with Crippen LogP contribution in [0.5, 0.6) is 5.75 Å². The van der Waals surface area contributed by atoms with Crippen LogP contribution in [0.25, 0.3) is 0 Å². The first kappa shape index (κ1) is 16.8. The van der Waals surface area contributed by atoms with Crippen LogP contribution < -0.4 is 10.8 Å². The Labute approximate surface area is 125 Å². The van der Waals surface area contributed by atoms with Crippen molar-refractivity contribution in [1.29, 1.82) is 0 Å². The number of phosphoric acid groups is 1. The molecule has 2 heterocycles. The zero-order valence-corrected chi connectivity index (χ0v) is 12.5. The van der Waals surface area contributed by atoms with E-state index < -0.39 is 20.5 Å². The molecule has 0 saturated carbocycles. The van der Waals surface area contributed by atoms with Crippen LogP contribution in [-0.4, -0.2) is 38.4 Å². The van der Waals surface area contributed by atoms with Crippen LogP contribution in [-0.2, 0) is 31.9 Å². The van der Waals surface area contributed by atoms with Gasteiger partial charge in [-0.05, 0) is 6.92 Å². The lowest BCUT2D eigenvalue weighted by molar-refractivity contribution is -0.125. The molecule has 1 fully saturated rings. The van der Waals surface area contributed by atoms with Crippen molar-refractivity contribution in [3.63, 3.8) is 0 Å². The van der Waals surface area contributed by atoms with Gasteiger partial charge >= 0.3 is 7.82 Å². The van der Waals surface area contributed by atoms with Gasteiger partial charge in [-0.3, -0.25) is 24.5 Å². The third-order valence-corrected chi connectivity index (χ3v) is 3.55. The van der Waals surface area contributed by atoms with E-state index in [9.17, 15) is 14.5 Å². The number of carbonyl (C=O) groups excluding carboxylic acids is 1. The predicted molar refractivity (Wildman–Crippen MR) is 72.2 cm³/mol. The van der Waals surface area contributed by atoms with E-state index in [4.69, 9.17) is 14.6 Å². The largest absolute Gasteiger partial charge is 0.506 e. The molecule has 0 spiro atoms. The first-order valence-electron chi connectivity index (χ1n) is 6.29. The number of hydroxylamine groups is 1. The van der Waals surface area contributed by atoms with Crippen LogP contribution in [0, 0.1) is 6.92 Å². The van der Waals surface area contributed by atoms with Crippen molar-refractivity contribution < 1.29 is 33.6 Å². The van der Waals surface area contributed by atoms with Crippen molar-refractivity contribution in [2.24, 2.45) is 0 Å². The molecule has 122 valence electrons. The van der Waals surface area contributed by atoms with Crippen molar-refractivity contribution in [1.82, 2.24) is 15.8 Å². The SMILES string of the molecule is Cc1ncc(COP(=O)(O)O)c(CNC2CONC2=O)c1O. The number of pyridine rings is 1. The van der Waals surface area contributed by atoms with E-state index in [0.717, 1.165) is 0 Å². The Morgan fingerprint density at radius 3 is 2.91 bits per heavy atom. The predicted octanol–water partition coefficient (Wildman–Crippen LogP) is -0.775. The first-order valence-corrected chi connectivity index (χ1v) is 7.82. The molecule has 1 aliphatic heterocycles. The van der Waals surface area contributed by atoms with Gasteiger partial charge in [0.25, 0.3) is 5.91 Å². The van der Waals surface area contributed by atoms with Crippen molar-refractivity contribution in [3.8, 4) is 5.75 Å². The Balaban J connectivity index is 2.14. The average Bonchev–Trinajstić information content (AvgIpc) is 2.83. The lowest BCUT2D eigenvalue weighted by Gasteiger charge is -2.15. The summed E-state index contributed by atoms with van der Waals surface area (Å²) in [6.45, 7) is 1.38. The van der Waals surface area contributed by atoms with Crippen molar-refractivity contribution in [3.05, 3.63) is 23.0 Å². The highest BCUT2D eigenvalue weighted by atomic mass is 31.2. The van der Waals surface area contributed by atoms with Crippen LogP contribution in [0.4, 0.5) is 0 Å². The van der Waals surface area contributed by atoms with Gasteiger partial charge in [-0.1, -0.05) is 0 Å². The number of amides is 1. The van der Waals surface area contributed by atoms with Crippen LogP contribution in [0.3, 0.4) is 0 Å². The summed E-state index contributed by atoms with van der Waals surface area (Å²) in [7, 11) is -4.64. The third kappa shape index (κ3) is 4.23. The monoisotopic (exact) mass is 333 g/mol. The molecule has 2 rings (SSSR count). The zero-order valence-electron chi connectivity index (χ0n) is 11.6. The van der Waals surface area contributed by atoms with E-state index in [2.05, 4.69) is 20.3 Å². The molecular formula is C11H16N3O7P. The van der Waals surface area contributed by atoms with Crippen LogP contribution in [0.1, 0.15) is 16.8 Å². The molecule has 0 aliphatic carbocycles. The highest BCUT2D eigenvalue weighted by Gasteiger charge is 2.26. The molecule has 11 heteroatoms. The Hall–Kier alpha value is -1.55. The van der Waals surface area contributed by atoms with Gasteiger partial charge in [0.15, 0.2) is 0 Å². The van der Waals surface area contributed by atoms with E-state index in [-0.39, 0.29) is 24.8 Å². The van der Waals surface area contributed by atoms with Gasteiger partial charge in [0, 0.05) is 23.9 Å². The summed E-state index contributed by atoms with van der Waals surface area (Å²) in [6, 6.07) is -0.580. The molecule has 1 unspecified atom stereocenters. The lowest BCUT2D eigenvalue weighted by Crippen LogP contribution is -2.37. The van der Waals surface area contributed by atoms with Gasteiger partial charge in [-0.15, -0.1) is 0 Å². The van der Waals surface area contributed by atoms with E-state index in [1.807, 2.05) is 0 Å². The second-order valence-electron chi connectivity index (χ2n) is 4.67. The summed E-state index contributed by atoms with van der Waals surface area (Å²) in [5, 5.41) is 12.9. The lowest BCUT2D eigenvalue weighted by atomic mass is 10.1. The van der Waals surface area contributed by atoms with Crippen LogP contribution >= 0.6 is 7.82 Å². The molecule has 10 nitrogen and oxygen atoms in total. The standard InChI is InChI=1S/C11H16N3O7P/c1-6-10(15)8(3-13-9-5-20-14-11(9)16)7(2-12-6)4-21-22(17,18)19/h2,9,13,15H,3-5H2,1H3,(H,14,16)(H2,17,18,19). The van der Waals surface area contributed by atoms with Gasteiger partial charge in [-0.25, -0.2) is 10.0 Å². The summed E-state index contributed by atoms with van der Waals surface area (Å²) in [5.74, 6) is -0.461. The molecule has 1 amide bonds. The number of phosphoric ester groups is 1. The Bertz CT molecular complexity index is 618. The van der Waals surface area contributed by atoms with Gasteiger partial charge < -0.3 is 14.9 Å². The summed E-state index contributed by atoms with van der Waals surface area (Å²) in [5.41, 5.74) is 3.19. The number of hydrogen-bond donors (Lipinski definition) is 5. The minimum atomic E-state index is -4.64. The molecule has 1 atom stereocenters. The normalized spacial score (nSPS) is 18.5. The number of aryl methyl sites for hydroxylation is 1. The zero-order chi connectivity index (χ0) is 16.3. The van der Waals surface area contributed by atoms with Crippen LogP contribution in [0.15, 0.2) is 6.20 Å². The summed E-state index contributed by atoms with van der Waals surface area (Å²) < 4.78 is 15.2. The molecule has 5 N–H and O–H groups in total. The van der Waals surface area contributed by atoms with Gasteiger partial charge in [0.05, 0.1) is 18.9 Å². The number of nitrogens with zero attached hydrogens (tertiary/aromatic N) is 1. The topological polar surface area (TPSA) is 150 Å². The number of aromatic hydroxyl groups is 1. The Morgan fingerprint density at radius 1 is 1.59 bits per heavy atom. The molecule has 1 aromatic rings. The van der Waals surface area contributed by atoms with Crippen molar-refractivity contribution >= 4 is 13.7 Å². The fourth-order valence-electron chi connectivity index (χ4n) is 1.88. The summed E-state index contributed by atoms with van der Waals surface area (Å²) in [4.78, 5) is 37.6. The average molecular weight is 333 g/mol. The molecule has 1 aromatic heterocycles. The van der Waals surface area contributed by atoms with Crippen molar-refractivity contribution in [2.45, 2.75) is 26.1 Å². The molecule has 1 saturated heterocycles. The van der Waals surface area contributed by atoms with Crippen LogP contribution in [0.2, 0.25) is 0 Å². The third-order valence-electron chi connectivity index (χ3n) is 3.08. The second kappa shape index (κ2) is 6.69. The maximum absolute atomic E-state index is 11.4. The maximum Gasteiger partial charge on any atom is 0.469 e. The van der Waals surface area contributed by atoms with E-state index in [0.29, 0.717) is 16.8 Å². The molecule has 0 radical (unpaired) electrons. The fraction of sp³-hybridized carbons (Fsp3) is 0.455. The minimum absolute atomic E-state index is 0.0799. The molecule has 22 heavy (non-hydrogen) atoms. The molecule has 0 bridgehead atoms. The van der Waals surface area contributed by atoms with Gasteiger partial charge in [0.2, 0.25) is 0 Å². The quantitative estimate of drug-likeness (QED) is 0.422. The number of nitrogens with one attached hydrogen (secondary N) is 2. The second-order valence-corrected chi connectivity index (χ2v) is 5.91. The van der Waals surface area contributed by atoms with Gasteiger partial charge in [0.1, 0.15) is 11.8 Å². The number of hydrogen-bond acceptors (Lipinski definition) is 7. The summed E-state index contributed by atoms with van der Waals surface area (Å²) >= 11 is 0. The van der Waals surface area contributed by atoms with E-state index in [1.165, 1.54) is 6.20 Å². The Kier molecular flexibility index (Phi) is 5.12. The molecule has 1 aliphatic rings. The highest BCUT2D eigenvalue weighted by molar-refractivity contribution is 7.46. The number of aromatic nitrogens is 1. The highest BCUT2D eigenvalue weighted by Crippen LogP contribution is 2.38.